The Morgan fingerprint density at radius 1 is 0.933 bits per heavy atom. The molecule has 0 aliphatic carbocycles. The summed E-state index contributed by atoms with van der Waals surface area (Å²) in [6, 6.07) is 14.4. The molecule has 0 fully saturated rings. The zero-order valence-corrected chi connectivity index (χ0v) is 8.14. The Morgan fingerprint density at radius 3 is 2.67 bits per heavy atom. The third-order valence-corrected chi connectivity index (χ3v) is 2.51. The van der Waals surface area contributed by atoms with Gasteiger partial charge in [-0.2, -0.15) is 0 Å². The molecule has 1 aromatic carbocycles. The zero-order valence-electron chi connectivity index (χ0n) is 8.14. The standard InChI is InChI=1S/C13H10N2/c1-2-4-10(5-3-1)11-8-13-12(15-9-11)6-7-14-13/h1-9,14H. The number of hydrogen-bond acceptors (Lipinski definition) is 1. The molecular weight excluding hydrogens is 184 g/mol. The number of benzene rings is 1. The van der Waals surface area contributed by atoms with Crippen LogP contribution in [0.15, 0.2) is 54.9 Å². The maximum Gasteiger partial charge on any atom is 0.0879 e. The van der Waals surface area contributed by atoms with Crippen molar-refractivity contribution in [2.75, 3.05) is 0 Å². The molecule has 0 radical (unpaired) electrons. The zero-order chi connectivity index (χ0) is 10.1. The first kappa shape index (κ1) is 8.24. The third kappa shape index (κ3) is 1.40. The average molecular weight is 194 g/mol. The number of hydrogen-bond donors (Lipinski definition) is 1. The van der Waals surface area contributed by atoms with Gasteiger partial charge >= 0.3 is 0 Å². The van der Waals surface area contributed by atoms with Crippen LogP contribution in [0.1, 0.15) is 0 Å². The second-order valence-corrected chi connectivity index (χ2v) is 3.50. The van der Waals surface area contributed by atoms with Crippen LogP contribution in [-0.2, 0) is 0 Å². The fraction of sp³-hybridized carbons (Fsp3) is 0. The van der Waals surface area contributed by atoms with Crippen molar-refractivity contribution in [3.8, 4) is 11.1 Å². The number of fused-ring (bicyclic) bond motifs is 1. The molecule has 1 N–H and O–H groups in total. The van der Waals surface area contributed by atoms with Crippen LogP contribution in [0, 0.1) is 0 Å². The number of pyridine rings is 1. The van der Waals surface area contributed by atoms with Crippen LogP contribution >= 0.6 is 0 Å². The van der Waals surface area contributed by atoms with Crippen LogP contribution < -0.4 is 0 Å². The van der Waals surface area contributed by atoms with E-state index >= 15 is 0 Å². The van der Waals surface area contributed by atoms with Gasteiger partial charge in [0, 0.05) is 18.0 Å². The summed E-state index contributed by atoms with van der Waals surface area (Å²) in [6.45, 7) is 0. The number of H-pyrrole nitrogens is 1. The molecule has 0 spiro atoms. The molecule has 0 saturated carbocycles. The van der Waals surface area contributed by atoms with Gasteiger partial charge in [0.1, 0.15) is 0 Å². The molecule has 3 aromatic rings. The largest absolute Gasteiger partial charge is 0.360 e. The Hall–Kier alpha value is -2.09. The van der Waals surface area contributed by atoms with Crippen LogP contribution in [0.2, 0.25) is 0 Å². The lowest BCUT2D eigenvalue weighted by molar-refractivity contribution is 1.40. The number of aromatic amines is 1. The summed E-state index contributed by atoms with van der Waals surface area (Å²) >= 11 is 0. The van der Waals surface area contributed by atoms with Crippen molar-refractivity contribution in [2.45, 2.75) is 0 Å². The maximum absolute atomic E-state index is 4.39. The van der Waals surface area contributed by atoms with E-state index in [2.05, 4.69) is 28.2 Å². The predicted octanol–water partition coefficient (Wildman–Crippen LogP) is 3.23. The summed E-state index contributed by atoms with van der Waals surface area (Å²) < 4.78 is 0. The number of nitrogens with one attached hydrogen (secondary N) is 1. The van der Waals surface area contributed by atoms with Crippen LogP contribution in [0.4, 0.5) is 0 Å². The van der Waals surface area contributed by atoms with E-state index in [1.807, 2.05) is 36.7 Å². The number of rotatable bonds is 1. The van der Waals surface area contributed by atoms with Crippen LogP contribution in [0.5, 0.6) is 0 Å². The number of nitrogens with zero attached hydrogens (tertiary/aromatic N) is 1. The summed E-state index contributed by atoms with van der Waals surface area (Å²) in [6.07, 6.45) is 3.82. The Balaban J connectivity index is 2.19. The van der Waals surface area contributed by atoms with Crippen LogP contribution in [0.25, 0.3) is 22.2 Å². The third-order valence-electron chi connectivity index (χ3n) is 2.51. The van der Waals surface area contributed by atoms with E-state index in [1.165, 1.54) is 5.56 Å². The Morgan fingerprint density at radius 2 is 1.80 bits per heavy atom. The average Bonchev–Trinajstić information content (AvgIpc) is 2.77. The van der Waals surface area contributed by atoms with Crippen molar-refractivity contribution >= 4 is 11.0 Å². The predicted molar refractivity (Wildman–Crippen MR) is 61.5 cm³/mol. The topological polar surface area (TPSA) is 28.7 Å². The van der Waals surface area contributed by atoms with E-state index in [0.29, 0.717) is 0 Å². The highest BCUT2D eigenvalue weighted by Crippen LogP contribution is 2.21. The Labute approximate surface area is 87.6 Å². The maximum atomic E-state index is 4.39. The SMILES string of the molecule is c1ccc(-c2cnc3cc[nH]c3c2)cc1. The van der Waals surface area contributed by atoms with Crippen molar-refractivity contribution in [3.63, 3.8) is 0 Å². The highest BCUT2D eigenvalue weighted by Gasteiger charge is 2.00. The summed E-state index contributed by atoms with van der Waals surface area (Å²) in [4.78, 5) is 7.55. The highest BCUT2D eigenvalue weighted by atomic mass is 14.7. The van der Waals surface area contributed by atoms with Crippen molar-refractivity contribution in [3.05, 3.63) is 54.9 Å². The Kier molecular flexibility index (Phi) is 1.78. The lowest BCUT2D eigenvalue weighted by Gasteiger charge is -2.00. The van der Waals surface area contributed by atoms with E-state index in [1.54, 1.807) is 0 Å². The normalized spacial score (nSPS) is 10.7. The Bertz CT molecular complexity index is 582. The lowest BCUT2D eigenvalue weighted by Crippen LogP contribution is -1.80. The minimum absolute atomic E-state index is 1.01. The molecule has 0 aliphatic heterocycles. The molecule has 2 heteroatoms. The molecule has 72 valence electrons. The molecule has 0 atom stereocenters. The molecule has 0 amide bonds. The first-order valence-electron chi connectivity index (χ1n) is 4.92. The van der Waals surface area contributed by atoms with Crippen LogP contribution in [-0.4, -0.2) is 9.97 Å². The molecule has 15 heavy (non-hydrogen) atoms. The van der Waals surface area contributed by atoms with Crippen LogP contribution in [0.3, 0.4) is 0 Å². The summed E-state index contributed by atoms with van der Waals surface area (Å²) in [5.74, 6) is 0. The molecule has 0 unspecified atom stereocenters. The first-order chi connectivity index (χ1) is 7.43. The van der Waals surface area contributed by atoms with E-state index < -0.39 is 0 Å². The monoisotopic (exact) mass is 194 g/mol. The first-order valence-corrected chi connectivity index (χ1v) is 4.92. The van der Waals surface area contributed by atoms with Gasteiger partial charge in [0.25, 0.3) is 0 Å². The van der Waals surface area contributed by atoms with Gasteiger partial charge in [0.05, 0.1) is 11.0 Å². The van der Waals surface area contributed by atoms with E-state index in [9.17, 15) is 0 Å². The lowest BCUT2D eigenvalue weighted by atomic mass is 10.1. The molecule has 0 bridgehead atoms. The van der Waals surface area contributed by atoms with Gasteiger partial charge in [0.2, 0.25) is 0 Å². The van der Waals surface area contributed by atoms with Gasteiger partial charge in [-0.1, -0.05) is 30.3 Å². The summed E-state index contributed by atoms with van der Waals surface area (Å²) in [5, 5.41) is 0. The highest BCUT2D eigenvalue weighted by molar-refractivity contribution is 5.80. The van der Waals surface area contributed by atoms with Crippen molar-refractivity contribution in [1.29, 1.82) is 0 Å². The van der Waals surface area contributed by atoms with Gasteiger partial charge in [0.15, 0.2) is 0 Å². The van der Waals surface area contributed by atoms with Crippen molar-refractivity contribution in [1.82, 2.24) is 9.97 Å². The molecule has 2 heterocycles. The van der Waals surface area contributed by atoms with Gasteiger partial charge < -0.3 is 4.98 Å². The van der Waals surface area contributed by atoms with E-state index in [0.717, 1.165) is 16.6 Å². The molecule has 3 rings (SSSR count). The molecule has 2 nitrogen and oxygen atoms in total. The van der Waals surface area contributed by atoms with Crippen molar-refractivity contribution in [2.24, 2.45) is 0 Å². The quantitative estimate of drug-likeness (QED) is 0.633. The molecule has 0 saturated heterocycles. The minimum atomic E-state index is 1.01. The fourth-order valence-electron chi connectivity index (χ4n) is 1.72. The van der Waals surface area contributed by atoms with Gasteiger partial charge in [-0.15, -0.1) is 0 Å². The second-order valence-electron chi connectivity index (χ2n) is 3.50. The minimum Gasteiger partial charge on any atom is -0.360 e. The smallest absolute Gasteiger partial charge is 0.0879 e. The second kappa shape index (κ2) is 3.24. The molecular formula is C13H10N2. The number of aromatic nitrogens is 2. The fourth-order valence-corrected chi connectivity index (χ4v) is 1.72. The summed E-state index contributed by atoms with van der Waals surface area (Å²) in [7, 11) is 0. The van der Waals surface area contributed by atoms with Gasteiger partial charge in [-0.3, -0.25) is 4.98 Å². The van der Waals surface area contributed by atoms with E-state index in [4.69, 9.17) is 0 Å². The van der Waals surface area contributed by atoms with E-state index in [-0.39, 0.29) is 0 Å². The van der Waals surface area contributed by atoms with Gasteiger partial charge in [-0.05, 0) is 17.7 Å². The van der Waals surface area contributed by atoms with Crippen molar-refractivity contribution < 1.29 is 0 Å². The molecule has 0 aliphatic rings. The van der Waals surface area contributed by atoms with Gasteiger partial charge in [-0.25, -0.2) is 0 Å². The summed E-state index contributed by atoms with van der Waals surface area (Å²) in [5.41, 5.74) is 4.43. The molecule has 2 aromatic heterocycles.